The van der Waals surface area contributed by atoms with Gasteiger partial charge in [-0.1, -0.05) is 0 Å². The van der Waals surface area contributed by atoms with Gasteiger partial charge in [-0.15, -0.1) is 0 Å². The van der Waals surface area contributed by atoms with Crippen LogP contribution < -0.4 is 0 Å². The minimum Gasteiger partial charge on any atom is -0.295 e. The van der Waals surface area contributed by atoms with Crippen molar-refractivity contribution in [2.75, 3.05) is 6.54 Å². The fourth-order valence-electron chi connectivity index (χ4n) is 1.94. The van der Waals surface area contributed by atoms with E-state index in [4.69, 9.17) is 5.26 Å². The molecule has 18 heavy (non-hydrogen) atoms. The Labute approximate surface area is 113 Å². The molecule has 1 aromatic carbocycles. The van der Waals surface area contributed by atoms with Gasteiger partial charge >= 0.3 is 0 Å². The first-order valence-electron chi connectivity index (χ1n) is 5.87. The molecule has 0 unspecified atom stereocenters. The number of hydrogen-bond donors (Lipinski definition) is 0. The second-order valence-electron chi connectivity index (χ2n) is 4.43. The Balaban J connectivity index is 2.16. The molecule has 0 radical (unpaired) electrons. The molecule has 1 aliphatic carbocycles. The Kier molecular flexibility index (Phi) is 4.31. The van der Waals surface area contributed by atoms with Gasteiger partial charge in [0.2, 0.25) is 0 Å². The quantitative estimate of drug-likeness (QED) is 0.776. The highest BCUT2D eigenvalue weighted by Gasteiger charge is 2.30. The largest absolute Gasteiger partial charge is 0.295 e. The van der Waals surface area contributed by atoms with Crippen LogP contribution >= 0.6 is 15.9 Å². The van der Waals surface area contributed by atoms with E-state index in [1.54, 1.807) is 0 Å². The molecule has 0 atom stereocenters. The molecule has 2 nitrogen and oxygen atoms in total. The van der Waals surface area contributed by atoms with Crippen LogP contribution in [0.3, 0.4) is 0 Å². The van der Waals surface area contributed by atoms with E-state index >= 15 is 0 Å². The van der Waals surface area contributed by atoms with Gasteiger partial charge in [0.05, 0.1) is 10.5 Å². The summed E-state index contributed by atoms with van der Waals surface area (Å²) in [6.45, 7) is 0.788. The molecule has 0 saturated heterocycles. The molecule has 5 heteroatoms. The molecule has 1 fully saturated rings. The molecule has 96 valence electrons. The molecular formula is C13H13BrF2N2. The summed E-state index contributed by atoms with van der Waals surface area (Å²) in [5.74, 6) is -1.07. The van der Waals surface area contributed by atoms with Crippen LogP contribution in [0.15, 0.2) is 16.6 Å². The Bertz CT molecular complexity index is 481. The van der Waals surface area contributed by atoms with Crippen molar-refractivity contribution in [3.8, 4) is 6.07 Å². The summed E-state index contributed by atoms with van der Waals surface area (Å²) in [6.07, 6.45) is 2.47. The standard InChI is InChI=1S/C13H13BrF2N2/c14-11-4-5-12(15)10(13(11)16)8-18(7-1-6-17)9-2-3-9/h4-5,9H,1-3,7-8H2. The van der Waals surface area contributed by atoms with Crippen LogP contribution in [0.25, 0.3) is 0 Å². The molecule has 0 aliphatic heterocycles. The van der Waals surface area contributed by atoms with Crippen molar-refractivity contribution in [2.45, 2.75) is 31.8 Å². The number of nitriles is 1. The Hall–Kier alpha value is -0.990. The van der Waals surface area contributed by atoms with Crippen LogP contribution in [0, 0.1) is 23.0 Å². The van der Waals surface area contributed by atoms with Gasteiger partial charge in [-0.25, -0.2) is 8.78 Å². The third-order valence-corrected chi connectivity index (χ3v) is 3.69. The summed E-state index contributed by atoms with van der Waals surface area (Å²) >= 11 is 3.06. The second kappa shape index (κ2) is 5.77. The smallest absolute Gasteiger partial charge is 0.144 e. The number of nitrogens with zero attached hydrogens (tertiary/aromatic N) is 2. The molecular weight excluding hydrogens is 302 g/mol. The van der Waals surface area contributed by atoms with Gasteiger partial charge in [0.1, 0.15) is 11.6 Å². The van der Waals surface area contributed by atoms with Crippen molar-refractivity contribution in [1.29, 1.82) is 5.26 Å². The average molecular weight is 315 g/mol. The SMILES string of the molecule is N#CCCN(Cc1c(F)ccc(Br)c1F)C1CC1. The predicted octanol–water partition coefficient (Wildman–Crippen LogP) is 3.61. The van der Waals surface area contributed by atoms with Crippen molar-refractivity contribution in [1.82, 2.24) is 4.90 Å². The summed E-state index contributed by atoms with van der Waals surface area (Å²) in [6, 6.07) is 5.07. The van der Waals surface area contributed by atoms with Crippen LogP contribution in [0.5, 0.6) is 0 Å². The van der Waals surface area contributed by atoms with Gasteiger partial charge < -0.3 is 0 Å². The molecule has 1 saturated carbocycles. The van der Waals surface area contributed by atoms with E-state index in [9.17, 15) is 8.78 Å². The Morgan fingerprint density at radius 1 is 1.39 bits per heavy atom. The summed E-state index contributed by atoms with van der Waals surface area (Å²) in [5, 5.41) is 8.60. The molecule has 2 rings (SSSR count). The maximum atomic E-state index is 13.9. The van der Waals surface area contributed by atoms with Crippen LogP contribution in [-0.2, 0) is 6.54 Å². The zero-order valence-corrected chi connectivity index (χ0v) is 11.4. The molecule has 0 spiro atoms. The monoisotopic (exact) mass is 314 g/mol. The zero-order valence-electron chi connectivity index (χ0n) is 9.80. The van der Waals surface area contributed by atoms with Crippen LogP contribution in [0.2, 0.25) is 0 Å². The average Bonchev–Trinajstić information content (AvgIpc) is 3.18. The second-order valence-corrected chi connectivity index (χ2v) is 5.29. The zero-order chi connectivity index (χ0) is 13.1. The molecule has 1 aromatic rings. The molecule has 0 bridgehead atoms. The first-order chi connectivity index (χ1) is 8.63. The topological polar surface area (TPSA) is 27.0 Å². The van der Waals surface area contributed by atoms with E-state index in [0.29, 0.717) is 19.0 Å². The van der Waals surface area contributed by atoms with Crippen molar-refractivity contribution < 1.29 is 8.78 Å². The van der Waals surface area contributed by atoms with Gasteiger partial charge in [-0.2, -0.15) is 5.26 Å². The first-order valence-corrected chi connectivity index (χ1v) is 6.66. The first kappa shape index (κ1) is 13.4. The highest BCUT2D eigenvalue weighted by molar-refractivity contribution is 9.10. The van der Waals surface area contributed by atoms with Gasteiger partial charge in [0.15, 0.2) is 0 Å². The molecule has 0 N–H and O–H groups in total. The fraction of sp³-hybridized carbons (Fsp3) is 0.462. The molecule has 0 heterocycles. The van der Waals surface area contributed by atoms with Gasteiger partial charge in [-0.3, -0.25) is 4.90 Å². The molecule has 0 aromatic heterocycles. The Morgan fingerprint density at radius 3 is 2.72 bits per heavy atom. The van der Waals surface area contributed by atoms with Crippen LogP contribution in [-0.4, -0.2) is 17.5 Å². The van der Waals surface area contributed by atoms with Crippen molar-refractivity contribution in [3.05, 3.63) is 33.8 Å². The lowest BCUT2D eigenvalue weighted by atomic mass is 10.1. The minimum atomic E-state index is -0.544. The maximum absolute atomic E-state index is 13.9. The summed E-state index contributed by atoms with van der Waals surface area (Å²) in [7, 11) is 0. The van der Waals surface area contributed by atoms with Gasteiger partial charge in [-0.05, 0) is 40.9 Å². The summed E-state index contributed by atoms with van der Waals surface area (Å²) in [5.41, 5.74) is 0.0780. The lowest BCUT2D eigenvalue weighted by molar-refractivity contribution is 0.252. The normalized spacial score (nSPS) is 14.8. The van der Waals surface area contributed by atoms with E-state index < -0.39 is 11.6 Å². The van der Waals surface area contributed by atoms with E-state index in [2.05, 4.69) is 22.0 Å². The van der Waals surface area contributed by atoms with Crippen molar-refractivity contribution >= 4 is 15.9 Å². The number of hydrogen-bond acceptors (Lipinski definition) is 2. The maximum Gasteiger partial charge on any atom is 0.144 e. The number of halogens is 3. The van der Waals surface area contributed by atoms with E-state index in [0.717, 1.165) is 12.8 Å². The lowest BCUT2D eigenvalue weighted by Crippen LogP contribution is -2.27. The third-order valence-electron chi connectivity index (χ3n) is 3.07. The lowest BCUT2D eigenvalue weighted by Gasteiger charge is -2.21. The highest BCUT2D eigenvalue weighted by atomic mass is 79.9. The Morgan fingerprint density at radius 2 is 2.11 bits per heavy atom. The number of rotatable bonds is 5. The molecule has 0 amide bonds. The molecule has 1 aliphatic rings. The van der Waals surface area contributed by atoms with E-state index in [-0.39, 0.29) is 16.6 Å². The van der Waals surface area contributed by atoms with E-state index in [1.165, 1.54) is 12.1 Å². The number of benzene rings is 1. The van der Waals surface area contributed by atoms with Crippen molar-refractivity contribution in [2.24, 2.45) is 0 Å². The van der Waals surface area contributed by atoms with Gasteiger partial charge in [0.25, 0.3) is 0 Å². The summed E-state index contributed by atoms with van der Waals surface area (Å²) in [4.78, 5) is 1.98. The van der Waals surface area contributed by atoms with Crippen molar-refractivity contribution in [3.63, 3.8) is 0 Å². The van der Waals surface area contributed by atoms with Crippen LogP contribution in [0.1, 0.15) is 24.8 Å². The minimum absolute atomic E-state index is 0.0780. The highest BCUT2D eigenvalue weighted by Crippen LogP contribution is 2.30. The third kappa shape index (κ3) is 3.06. The summed E-state index contributed by atoms with van der Waals surface area (Å²) < 4.78 is 27.8. The fourth-order valence-corrected chi connectivity index (χ4v) is 2.31. The van der Waals surface area contributed by atoms with Gasteiger partial charge in [0, 0.05) is 31.1 Å². The van der Waals surface area contributed by atoms with Crippen LogP contribution in [0.4, 0.5) is 8.78 Å². The van der Waals surface area contributed by atoms with E-state index in [1.807, 2.05) is 4.90 Å². The predicted molar refractivity (Wildman–Crippen MR) is 67.7 cm³/mol.